The van der Waals surface area contributed by atoms with Crippen molar-refractivity contribution in [2.24, 2.45) is 0 Å². The minimum atomic E-state index is -2.87. The molecule has 9 heteroatoms. The van der Waals surface area contributed by atoms with Gasteiger partial charge in [-0.05, 0) is 111 Å². The minimum Gasteiger partial charge on any atom is -0.418 e. The zero-order valence-corrected chi connectivity index (χ0v) is 34.1. The van der Waals surface area contributed by atoms with Crippen molar-refractivity contribution in [3.63, 3.8) is 0 Å². The average Bonchev–Trinajstić information content (AvgIpc) is 3.23. The average molecular weight is 801 g/mol. The van der Waals surface area contributed by atoms with Gasteiger partial charge in [0.2, 0.25) is 8.32 Å². The van der Waals surface area contributed by atoms with E-state index < -0.39 is 25.5 Å². The van der Waals surface area contributed by atoms with Crippen LogP contribution in [0.25, 0.3) is 43.1 Å². The summed E-state index contributed by atoms with van der Waals surface area (Å²) in [7, 11) is -6.79. The Kier molecular flexibility index (Phi) is 10.5. The summed E-state index contributed by atoms with van der Waals surface area (Å²) in [6.45, 7) is 4.24. The molecule has 0 aromatic heterocycles. The Morgan fingerprint density at radius 3 is 1.02 bits per heavy atom. The van der Waals surface area contributed by atoms with Crippen LogP contribution >= 0.6 is 17.2 Å². The lowest BCUT2D eigenvalue weighted by Crippen LogP contribution is -2.44. The molecule has 57 heavy (non-hydrogen) atoms. The van der Waals surface area contributed by atoms with Crippen LogP contribution in [0.4, 0.5) is 0 Å². The maximum absolute atomic E-state index is 7.02. The highest BCUT2D eigenvalue weighted by Crippen LogP contribution is 2.47. The van der Waals surface area contributed by atoms with E-state index in [0.717, 1.165) is 48.3 Å². The summed E-state index contributed by atoms with van der Waals surface area (Å²) in [5.41, 5.74) is 0. The zero-order valence-electron chi connectivity index (χ0n) is 31.3. The third kappa shape index (κ3) is 8.58. The van der Waals surface area contributed by atoms with E-state index in [1.807, 2.05) is 146 Å². The quantitative estimate of drug-likeness (QED) is 0.0855. The Hall–Kier alpha value is -5.94. The van der Waals surface area contributed by atoms with Gasteiger partial charge in [-0.1, -0.05) is 140 Å². The number of para-hydroxylation sites is 1. The Labute approximate surface area is 335 Å². The Morgan fingerprint density at radius 2 is 0.632 bits per heavy atom. The normalized spacial score (nSPS) is 11.7. The van der Waals surface area contributed by atoms with Crippen molar-refractivity contribution in [3.05, 3.63) is 194 Å². The van der Waals surface area contributed by atoms with Gasteiger partial charge in [0.05, 0.1) is 0 Å². The van der Waals surface area contributed by atoms with Crippen LogP contribution < -0.4 is 27.8 Å². The highest BCUT2D eigenvalue weighted by Gasteiger charge is 2.37. The molecule has 0 aliphatic heterocycles. The van der Waals surface area contributed by atoms with Crippen molar-refractivity contribution in [1.29, 1.82) is 0 Å². The van der Waals surface area contributed by atoms with Gasteiger partial charge in [-0.25, -0.2) is 0 Å². The van der Waals surface area contributed by atoms with Crippen LogP contribution in [-0.2, 0) is 4.21 Å². The fraction of sp³-hybridized carbons (Fsp3) is 0.0417. The van der Waals surface area contributed by atoms with Gasteiger partial charge in [0, 0.05) is 5.19 Å². The second kappa shape index (κ2) is 16.3. The summed E-state index contributed by atoms with van der Waals surface area (Å²) < 4.78 is 40.2. The first kappa shape index (κ1) is 36.7. The van der Waals surface area contributed by atoms with Crippen LogP contribution in [0.5, 0.6) is 28.7 Å². The van der Waals surface area contributed by atoms with E-state index in [1.54, 1.807) is 0 Å². The number of fused-ring (bicyclic) bond motifs is 4. The third-order valence-corrected chi connectivity index (χ3v) is 15.5. The fourth-order valence-electron chi connectivity index (χ4n) is 6.71. The molecule has 9 aromatic carbocycles. The summed E-state index contributed by atoms with van der Waals surface area (Å²) in [5, 5.41) is 9.64. The first-order valence-electron chi connectivity index (χ1n) is 18.7. The van der Waals surface area contributed by atoms with Crippen molar-refractivity contribution in [2.45, 2.75) is 13.1 Å². The number of rotatable bonds is 13. The molecule has 0 saturated carbocycles. The first-order valence-corrected chi connectivity index (χ1v) is 23.8. The molecule has 0 saturated heterocycles. The molecule has 0 atom stereocenters. The molecule has 0 aliphatic carbocycles. The predicted molar refractivity (Wildman–Crippen MR) is 237 cm³/mol. The number of hydrogen-bond acceptors (Lipinski definition) is 6. The standard InChI is InChI=1S/C48H38O6P2Si/c1-57(2,54-56(51-45-29-25-37-15-5-9-19-41(37)33-45)52-46-30-26-38-16-6-10-20-42(38)34-46)48-22-12-11-21-47(48)53-55(49-43-27-23-35-13-3-7-17-39(35)31-43)50-44-28-24-36-14-4-8-18-40(36)32-44/h3-34H,1-2H3. The van der Waals surface area contributed by atoms with Gasteiger partial charge in [0.25, 0.3) is 0 Å². The molecule has 0 amide bonds. The molecule has 0 N–H and O–H groups in total. The summed E-state index contributed by atoms with van der Waals surface area (Å²) >= 11 is 0. The van der Waals surface area contributed by atoms with Crippen molar-refractivity contribution >= 4 is 73.8 Å². The van der Waals surface area contributed by atoms with E-state index >= 15 is 0 Å². The SMILES string of the molecule is C[Si](C)(OP(Oc1ccc2ccccc2c1)Oc1ccc2ccccc2c1)c1ccccc1OP(Oc1ccc2ccccc2c1)Oc1ccc2ccccc2c1. The first-order chi connectivity index (χ1) is 27.9. The van der Waals surface area contributed by atoms with Gasteiger partial charge in [0.1, 0.15) is 28.7 Å². The lowest BCUT2D eigenvalue weighted by atomic mass is 10.1. The fourth-order valence-corrected chi connectivity index (χ4v) is 11.8. The van der Waals surface area contributed by atoms with Crippen LogP contribution in [-0.4, -0.2) is 8.32 Å². The minimum absolute atomic E-state index is 0.605. The summed E-state index contributed by atoms with van der Waals surface area (Å²) in [6, 6.07) is 64.7. The van der Waals surface area contributed by atoms with E-state index in [0.29, 0.717) is 28.7 Å². The van der Waals surface area contributed by atoms with Crippen molar-refractivity contribution in [1.82, 2.24) is 0 Å². The van der Waals surface area contributed by atoms with Crippen LogP contribution in [0, 0.1) is 0 Å². The predicted octanol–water partition coefficient (Wildman–Crippen LogP) is 13.9. The van der Waals surface area contributed by atoms with E-state index in [4.69, 9.17) is 26.8 Å². The van der Waals surface area contributed by atoms with Crippen LogP contribution in [0.3, 0.4) is 0 Å². The highest BCUT2D eigenvalue weighted by molar-refractivity contribution is 7.45. The highest BCUT2D eigenvalue weighted by atomic mass is 31.2. The van der Waals surface area contributed by atoms with E-state index in [-0.39, 0.29) is 0 Å². The van der Waals surface area contributed by atoms with E-state index in [2.05, 4.69) is 61.6 Å². The van der Waals surface area contributed by atoms with Crippen LogP contribution in [0.1, 0.15) is 0 Å². The molecule has 0 unspecified atom stereocenters. The molecule has 0 heterocycles. The number of hydrogen-bond donors (Lipinski definition) is 0. The lowest BCUT2D eigenvalue weighted by molar-refractivity contribution is 0.385. The smallest absolute Gasteiger partial charge is 0.418 e. The van der Waals surface area contributed by atoms with Crippen molar-refractivity contribution in [2.75, 3.05) is 0 Å². The third-order valence-electron chi connectivity index (χ3n) is 9.61. The molecule has 280 valence electrons. The second-order valence-corrected chi connectivity index (χ2v) is 20.1. The van der Waals surface area contributed by atoms with Gasteiger partial charge < -0.3 is 26.8 Å². The van der Waals surface area contributed by atoms with E-state index in [9.17, 15) is 0 Å². The number of benzene rings is 9. The molecule has 0 spiro atoms. The van der Waals surface area contributed by atoms with Gasteiger partial charge in [-0.15, -0.1) is 0 Å². The lowest BCUT2D eigenvalue weighted by Gasteiger charge is -2.29. The maximum atomic E-state index is 7.02. The molecule has 6 nitrogen and oxygen atoms in total. The summed E-state index contributed by atoms with van der Waals surface area (Å²) in [4.78, 5) is 0. The summed E-state index contributed by atoms with van der Waals surface area (Å²) in [5.74, 6) is 3.20. The molecular weight excluding hydrogens is 763 g/mol. The van der Waals surface area contributed by atoms with Gasteiger partial charge >= 0.3 is 17.2 Å². The molecule has 9 rings (SSSR count). The second-order valence-electron chi connectivity index (χ2n) is 14.0. The van der Waals surface area contributed by atoms with Gasteiger partial charge in [-0.2, -0.15) is 0 Å². The molecule has 0 aliphatic rings. The Morgan fingerprint density at radius 1 is 0.316 bits per heavy atom. The van der Waals surface area contributed by atoms with E-state index in [1.165, 1.54) is 0 Å². The molecule has 9 aromatic rings. The molecule has 0 bridgehead atoms. The van der Waals surface area contributed by atoms with Crippen molar-refractivity contribution in [3.8, 4) is 28.7 Å². The van der Waals surface area contributed by atoms with Gasteiger partial charge in [-0.3, -0.25) is 0 Å². The summed E-state index contributed by atoms with van der Waals surface area (Å²) in [6.07, 6.45) is 0. The van der Waals surface area contributed by atoms with Gasteiger partial charge in [0.15, 0.2) is 0 Å². The molecule has 0 radical (unpaired) electrons. The largest absolute Gasteiger partial charge is 0.530 e. The topological polar surface area (TPSA) is 55.4 Å². The Balaban J connectivity index is 1.03. The Bertz CT molecular complexity index is 2690. The molecule has 0 fully saturated rings. The zero-order chi connectivity index (χ0) is 38.6. The van der Waals surface area contributed by atoms with Crippen LogP contribution in [0.2, 0.25) is 13.1 Å². The van der Waals surface area contributed by atoms with Crippen molar-refractivity contribution < 1.29 is 26.8 Å². The maximum Gasteiger partial charge on any atom is 0.530 e. The van der Waals surface area contributed by atoms with Crippen LogP contribution in [0.15, 0.2) is 194 Å². The monoisotopic (exact) mass is 800 g/mol. The molecular formula is C48H38O6P2Si.